The normalized spacial score (nSPS) is 11.7. The molecule has 1 atom stereocenters. The summed E-state index contributed by atoms with van der Waals surface area (Å²) in [5.74, 6) is -1.27. The maximum Gasteiger partial charge on any atom is 0.326 e. The second-order valence-corrected chi connectivity index (χ2v) is 3.95. The van der Waals surface area contributed by atoms with Crippen LogP contribution < -0.4 is 16.4 Å². The predicted molar refractivity (Wildman–Crippen MR) is 64.3 cm³/mol. The van der Waals surface area contributed by atoms with Gasteiger partial charge in [-0.15, -0.1) is 0 Å². The summed E-state index contributed by atoms with van der Waals surface area (Å²) >= 11 is 0. The van der Waals surface area contributed by atoms with E-state index in [1.165, 1.54) is 0 Å². The number of rotatable bonds is 7. The van der Waals surface area contributed by atoms with Crippen LogP contribution in [0.5, 0.6) is 0 Å². The fourth-order valence-corrected chi connectivity index (χ4v) is 1.33. The first kappa shape index (κ1) is 15.4. The van der Waals surface area contributed by atoms with Crippen LogP contribution in [0.15, 0.2) is 4.52 Å². The zero-order valence-electron chi connectivity index (χ0n) is 10.8. The number of carbonyl (C=O) groups is 3. The molecule has 1 unspecified atom stereocenters. The maximum absolute atomic E-state index is 11.5. The highest BCUT2D eigenvalue weighted by Gasteiger charge is 2.20. The van der Waals surface area contributed by atoms with Crippen LogP contribution in [0, 0.1) is 6.92 Å². The number of amides is 3. The highest BCUT2D eigenvalue weighted by molar-refractivity contribution is 5.83. The Bertz CT molecular complexity index is 500. The van der Waals surface area contributed by atoms with Crippen LogP contribution in [0.3, 0.4) is 0 Å². The molecule has 1 aromatic heterocycles. The van der Waals surface area contributed by atoms with Gasteiger partial charge in [0.25, 0.3) is 0 Å². The number of aromatic nitrogens is 2. The molecule has 0 spiro atoms. The molecule has 0 aliphatic heterocycles. The number of nitrogens with one attached hydrogen (secondary N) is 2. The van der Waals surface area contributed by atoms with Gasteiger partial charge in [0.05, 0.1) is 6.54 Å². The summed E-state index contributed by atoms with van der Waals surface area (Å²) in [6.45, 7) is 1.59. The van der Waals surface area contributed by atoms with Crippen LogP contribution in [-0.2, 0) is 16.1 Å². The van der Waals surface area contributed by atoms with E-state index in [-0.39, 0.29) is 25.2 Å². The minimum Gasteiger partial charge on any atom is -0.480 e. The van der Waals surface area contributed by atoms with Gasteiger partial charge in [-0.05, 0) is 6.42 Å². The predicted octanol–water partition coefficient (Wildman–Crippen LogP) is -1.10. The smallest absolute Gasteiger partial charge is 0.326 e. The molecule has 5 N–H and O–H groups in total. The fourth-order valence-electron chi connectivity index (χ4n) is 1.33. The molecule has 20 heavy (non-hydrogen) atoms. The number of carboxylic acid groups (broad SMARTS) is 1. The Balaban J connectivity index is 2.41. The summed E-state index contributed by atoms with van der Waals surface area (Å²) in [5.41, 5.74) is 4.92. The van der Waals surface area contributed by atoms with Gasteiger partial charge in [0, 0.05) is 13.3 Å². The minimum absolute atomic E-state index is 0.00860. The van der Waals surface area contributed by atoms with Crippen molar-refractivity contribution in [3.63, 3.8) is 0 Å². The molecule has 0 fully saturated rings. The van der Waals surface area contributed by atoms with Crippen molar-refractivity contribution in [2.45, 2.75) is 32.4 Å². The van der Waals surface area contributed by atoms with E-state index >= 15 is 0 Å². The van der Waals surface area contributed by atoms with Crippen LogP contribution >= 0.6 is 0 Å². The number of aliphatic carboxylic acids is 1. The van der Waals surface area contributed by atoms with Crippen LogP contribution in [0.1, 0.15) is 24.6 Å². The Morgan fingerprint density at radius 3 is 2.65 bits per heavy atom. The van der Waals surface area contributed by atoms with Crippen molar-refractivity contribution in [3.05, 3.63) is 11.7 Å². The zero-order valence-corrected chi connectivity index (χ0v) is 10.8. The molecule has 10 heteroatoms. The molecule has 0 aliphatic carbocycles. The molecule has 0 bridgehead atoms. The Morgan fingerprint density at radius 1 is 1.45 bits per heavy atom. The van der Waals surface area contributed by atoms with Gasteiger partial charge in [0.1, 0.15) is 6.04 Å². The average molecular weight is 285 g/mol. The van der Waals surface area contributed by atoms with Gasteiger partial charge in [0.2, 0.25) is 11.8 Å². The molecule has 110 valence electrons. The van der Waals surface area contributed by atoms with E-state index in [0.29, 0.717) is 5.89 Å². The Kier molecular flexibility index (Phi) is 5.44. The highest BCUT2D eigenvalue weighted by Crippen LogP contribution is 1.98. The van der Waals surface area contributed by atoms with E-state index in [4.69, 9.17) is 15.4 Å². The minimum atomic E-state index is -1.25. The van der Waals surface area contributed by atoms with Gasteiger partial charge in [-0.1, -0.05) is 5.16 Å². The lowest BCUT2D eigenvalue weighted by molar-refractivity contribution is -0.139. The Hall–Kier alpha value is -2.65. The molecule has 3 amide bonds. The Labute approximate surface area is 113 Å². The lowest BCUT2D eigenvalue weighted by atomic mass is 10.1. The van der Waals surface area contributed by atoms with E-state index < -0.39 is 23.9 Å². The van der Waals surface area contributed by atoms with Crippen molar-refractivity contribution in [1.82, 2.24) is 20.8 Å². The second kappa shape index (κ2) is 7.07. The van der Waals surface area contributed by atoms with Crippen molar-refractivity contribution in [2.75, 3.05) is 0 Å². The molecule has 1 rings (SSSR count). The number of nitrogens with zero attached hydrogens (tertiary/aromatic N) is 2. The summed E-state index contributed by atoms with van der Waals surface area (Å²) in [4.78, 5) is 36.8. The SMILES string of the molecule is Cc1nc(CNC(=O)NC(CCC(N)=O)C(=O)O)no1. The van der Waals surface area contributed by atoms with Gasteiger partial charge in [-0.3, -0.25) is 4.79 Å². The molecule has 1 heterocycles. The second-order valence-electron chi connectivity index (χ2n) is 3.95. The molecule has 10 nitrogen and oxygen atoms in total. The molecule has 1 aromatic rings. The highest BCUT2D eigenvalue weighted by atomic mass is 16.5. The summed E-state index contributed by atoms with van der Waals surface area (Å²) in [5, 5.41) is 17.0. The van der Waals surface area contributed by atoms with Crippen LogP contribution in [0.4, 0.5) is 4.79 Å². The number of hydrogen-bond donors (Lipinski definition) is 4. The van der Waals surface area contributed by atoms with E-state index in [0.717, 1.165) is 0 Å². The molecule has 0 radical (unpaired) electrons. The Morgan fingerprint density at radius 2 is 2.15 bits per heavy atom. The summed E-state index contributed by atoms with van der Waals surface area (Å²) in [6, 6.07) is -1.92. The number of aryl methyl sites for hydroxylation is 1. The monoisotopic (exact) mass is 285 g/mol. The lowest BCUT2D eigenvalue weighted by Gasteiger charge is -2.13. The average Bonchev–Trinajstić information content (AvgIpc) is 2.77. The van der Waals surface area contributed by atoms with Crippen LogP contribution in [-0.4, -0.2) is 39.2 Å². The van der Waals surface area contributed by atoms with E-state index in [2.05, 4.69) is 20.8 Å². The third-order valence-electron chi connectivity index (χ3n) is 2.26. The molecule has 0 saturated heterocycles. The van der Waals surface area contributed by atoms with Gasteiger partial charge in [0.15, 0.2) is 5.82 Å². The van der Waals surface area contributed by atoms with Crippen molar-refractivity contribution in [3.8, 4) is 0 Å². The third-order valence-corrected chi connectivity index (χ3v) is 2.26. The molecule has 0 aliphatic rings. The number of nitrogens with two attached hydrogens (primary N) is 1. The van der Waals surface area contributed by atoms with Gasteiger partial charge >= 0.3 is 12.0 Å². The molecule has 0 saturated carbocycles. The van der Waals surface area contributed by atoms with Crippen LogP contribution in [0.25, 0.3) is 0 Å². The standard InChI is InChI=1S/C10H15N5O5/c1-5-13-8(15-20-5)4-12-10(19)14-6(9(17)18)2-3-7(11)16/h6H,2-4H2,1H3,(H2,11,16)(H,17,18)(H2,12,14,19). The first-order chi connectivity index (χ1) is 9.38. The van der Waals surface area contributed by atoms with E-state index in [9.17, 15) is 14.4 Å². The van der Waals surface area contributed by atoms with Gasteiger partial charge < -0.3 is 26.0 Å². The number of urea groups is 1. The van der Waals surface area contributed by atoms with E-state index in [1.807, 2.05) is 0 Å². The third kappa shape index (κ3) is 5.33. The van der Waals surface area contributed by atoms with Crippen molar-refractivity contribution in [2.24, 2.45) is 5.73 Å². The van der Waals surface area contributed by atoms with Crippen molar-refractivity contribution >= 4 is 17.9 Å². The van der Waals surface area contributed by atoms with Gasteiger partial charge in [-0.2, -0.15) is 4.98 Å². The maximum atomic E-state index is 11.5. The molecular formula is C10H15N5O5. The quantitative estimate of drug-likeness (QED) is 0.494. The summed E-state index contributed by atoms with van der Waals surface area (Å²) in [6.07, 6.45) is -0.222. The topological polar surface area (TPSA) is 160 Å². The van der Waals surface area contributed by atoms with Crippen molar-refractivity contribution < 1.29 is 24.0 Å². The van der Waals surface area contributed by atoms with Crippen LogP contribution in [0.2, 0.25) is 0 Å². The lowest BCUT2D eigenvalue weighted by Crippen LogP contribution is -2.46. The summed E-state index contributed by atoms with van der Waals surface area (Å²) in [7, 11) is 0. The van der Waals surface area contributed by atoms with Crippen molar-refractivity contribution in [1.29, 1.82) is 0 Å². The largest absolute Gasteiger partial charge is 0.480 e. The first-order valence-electron chi connectivity index (χ1n) is 5.73. The first-order valence-corrected chi connectivity index (χ1v) is 5.73. The number of carboxylic acids is 1. The molecular weight excluding hydrogens is 270 g/mol. The van der Waals surface area contributed by atoms with Gasteiger partial charge in [-0.25, -0.2) is 9.59 Å². The zero-order chi connectivity index (χ0) is 15.1. The fraction of sp³-hybridized carbons (Fsp3) is 0.500. The summed E-state index contributed by atoms with van der Waals surface area (Å²) < 4.78 is 4.70. The number of hydrogen-bond acceptors (Lipinski definition) is 6. The molecule has 0 aromatic carbocycles. The number of primary amides is 1. The number of carbonyl (C=O) groups excluding carboxylic acids is 2. The van der Waals surface area contributed by atoms with E-state index in [1.54, 1.807) is 6.92 Å².